The van der Waals surface area contributed by atoms with Crippen LogP contribution in [-0.4, -0.2) is 18.9 Å². The molecule has 4 heteroatoms. The summed E-state index contributed by atoms with van der Waals surface area (Å²) in [6, 6.07) is 0. The van der Waals surface area contributed by atoms with E-state index in [-0.39, 0.29) is 29.1 Å². The first-order valence-electron chi connectivity index (χ1n) is 8.25. The van der Waals surface area contributed by atoms with E-state index in [4.69, 9.17) is 5.73 Å². The zero-order chi connectivity index (χ0) is 16.0. The molecule has 21 heavy (non-hydrogen) atoms. The Morgan fingerprint density at radius 1 is 1.19 bits per heavy atom. The minimum atomic E-state index is -0.343. The summed E-state index contributed by atoms with van der Waals surface area (Å²) in [5.74, 6) is -0.323. The lowest BCUT2D eigenvalue weighted by Gasteiger charge is -2.30. The van der Waals surface area contributed by atoms with Gasteiger partial charge in [-0.2, -0.15) is 0 Å². The van der Waals surface area contributed by atoms with Crippen LogP contribution in [0.2, 0.25) is 0 Å². The summed E-state index contributed by atoms with van der Waals surface area (Å²) in [6.45, 7) is 6.29. The zero-order valence-electron chi connectivity index (χ0n) is 14.1. The molecule has 1 aliphatic rings. The monoisotopic (exact) mass is 296 g/mol. The fourth-order valence-electron chi connectivity index (χ4n) is 3.52. The number of amides is 2. The van der Waals surface area contributed by atoms with Crippen molar-refractivity contribution in [3.8, 4) is 0 Å². The molecule has 0 spiro atoms. The molecule has 1 fully saturated rings. The van der Waals surface area contributed by atoms with Crippen LogP contribution < -0.4 is 11.1 Å². The number of hydrogen-bond donors (Lipinski definition) is 2. The van der Waals surface area contributed by atoms with Crippen LogP contribution in [0.5, 0.6) is 0 Å². The smallest absolute Gasteiger partial charge is 0.223 e. The molecular formula is C17H32N2O2. The second kappa shape index (κ2) is 7.81. The van der Waals surface area contributed by atoms with Gasteiger partial charge in [0, 0.05) is 18.9 Å². The minimum Gasteiger partial charge on any atom is -0.369 e. The first-order chi connectivity index (χ1) is 9.74. The van der Waals surface area contributed by atoms with Gasteiger partial charge < -0.3 is 11.1 Å². The second-order valence-electron chi connectivity index (χ2n) is 7.72. The molecule has 0 aromatic carbocycles. The first kappa shape index (κ1) is 18.0. The highest BCUT2D eigenvalue weighted by Gasteiger charge is 2.35. The van der Waals surface area contributed by atoms with E-state index in [1.54, 1.807) is 7.05 Å². The lowest BCUT2D eigenvalue weighted by molar-refractivity contribution is -0.134. The van der Waals surface area contributed by atoms with Crippen LogP contribution >= 0.6 is 0 Å². The highest BCUT2D eigenvalue weighted by molar-refractivity contribution is 5.86. The Labute approximate surface area is 129 Å². The lowest BCUT2D eigenvalue weighted by atomic mass is 9.75. The molecule has 0 radical (unpaired) electrons. The molecule has 3 N–H and O–H groups in total. The number of rotatable bonds is 7. The SMILES string of the molecule is CNC(=O)C(CC(C)(C)C)[C@H](CCC1CCCC1)C(N)=O. The highest BCUT2D eigenvalue weighted by Crippen LogP contribution is 2.35. The number of carbonyl (C=O) groups excluding carboxylic acids is 2. The van der Waals surface area contributed by atoms with E-state index in [0.717, 1.165) is 12.8 Å². The van der Waals surface area contributed by atoms with Gasteiger partial charge in [0.15, 0.2) is 0 Å². The van der Waals surface area contributed by atoms with Crippen LogP contribution in [0.15, 0.2) is 0 Å². The number of nitrogens with two attached hydrogens (primary N) is 1. The molecule has 0 heterocycles. The van der Waals surface area contributed by atoms with Crippen LogP contribution in [0.25, 0.3) is 0 Å². The average Bonchev–Trinajstić information content (AvgIpc) is 2.88. The molecule has 0 aliphatic heterocycles. The second-order valence-corrected chi connectivity index (χ2v) is 7.72. The van der Waals surface area contributed by atoms with Crippen LogP contribution in [0.4, 0.5) is 0 Å². The van der Waals surface area contributed by atoms with Crippen molar-refractivity contribution < 1.29 is 9.59 Å². The summed E-state index contributed by atoms with van der Waals surface area (Å²) in [5, 5.41) is 2.70. The van der Waals surface area contributed by atoms with Crippen molar-refractivity contribution in [2.45, 2.75) is 65.7 Å². The van der Waals surface area contributed by atoms with E-state index in [1.165, 1.54) is 25.7 Å². The van der Waals surface area contributed by atoms with Crippen LogP contribution in [0.3, 0.4) is 0 Å². The van der Waals surface area contributed by atoms with E-state index in [2.05, 4.69) is 26.1 Å². The van der Waals surface area contributed by atoms with E-state index in [1.807, 2.05) is 0 Å². The molecule has 4 nitrogen and oxygen atoms in total. The molecule has 0 bridgehead atoms. The third-order valence-corrected chi connectivity index (χ3v) is 4.63. The summed E-state index contributed by atoms with van der Waals surface area (Å²) < 4.78 is 0. The van der Waals surface area contributed by atoms with Gasteiger partial charge >= 0.3 is 0 Å². The maximum atomic E-state index is 12.2. The van der Waals surface area contributed by atoms with Crippen molar-refractivity contribution in [2.75, 3.05) is 7.05 Å². The van der Waals surface area contributed by atoms with Gasteiger partial charge in [-0.3, -0.25) is 9.59 Å². The molecule has 1 unspecified atom stereocenters. The Morgan fingerprint density at radius 2 is 1.76 bits per heavy atom. The van der Waals surface area contributed by atoms with E-state index < -0.39 is 0 Å². The third-order valence-electron chi connectivity index (χ3n) is 4.63. The van der Waals surface area contributed by atoms with Gasteiger partial charge in [-0.15, -0.1) is 0 Å². The van der Waals surface area contributed by atoms with E-state index >= 15 is 0 Å². The van der Waals surface area contributed by atoms with Gasteiger partial charge in [-0.1, -0.05) is 46.5 Å². The summed E-state index contributed by atoms with van der Waals surface area (Å²) in [7, 11) is 1.63. The maximum Gasteiger partial charge on any atom is 0.223 e. The summed E-state index contributed by atoms with van der Waals surface area (Å²) in [4.78, 5) is 24.1. The lowest BCUT2D eigenvalue weighted by Crippen LogP contribution is -2.41. The molecular weight excluding hydrogens is 264 g/mol. The largest absolute Gasteiger partial charge is 0.369 e. The fourth-order valence-corrected chi connectivity index (χ4v) is 3.52. The topological polar surface area (TPSA) is 72.2 Å². The van der Waals surface area contributed by atoms with E-state index in [9.17, 15) is 9.59 Å². The van der Waals surface area contributed by atoms with E-state index in [0.29, 0.717) is 12.3 Å². The number of nitrogens with one attached hydrogen (secondary N) is 1. The molecule has 2 atom stereocenters. The number of hydrogen-bond acceptors (Lipinski definition) is 2. The Balaban J connectivity index is 2.75. The summed E-state index contributed by atoms with van der Waals surface area (Å²) in [5.41, 5.74) is 5.61. The van der Waals surface area contributed by atoms with Crippen molar-refractivity contribution in [1.29, 1.82) is 0 Å². The van der Waals surface area contributed by atoms with Gasteiger partial charge in [0.1, 0.15) is 0 Å². The predicted octanol–water partition coefficient (Wildman–Crippen LogP) is 2.86. The number of primary amides is 1. The van der Waals surface area contributed by atoms with Crippen molar-refractivity contribution in [1.82, 2.24) is 5.32 Å². The molecule has 2 amide bonds. The first-order valence-corrected chi connectivity index (χ1v) is 8.25. The van der Waals surface area contributed by atoms with Crippen LogP contribution in [0, 0.1) is 23.2 Å². The third kappa shape index (κ3) is 6.06. The van der Waals surface area contributed by atoms with Gasteiger partial charge in [0.2, 0.25) is 11.8 Å². The molecule has 122 valence electrons. The average molecular weight is 296 g/mol. The minimum absolute atomic E-state index is 0.00175. The Bertz CT molecular complexity index is 354. The number of carbonyl (C=O) groups is 2. The van der Waals surface area contributed by atoms with Crippen LogP contribution in [0.1, 0.15) is 65.7 Å². The van der Waals surface area contributed by atoms with Gasteiger partial charge in [-0.05, 0) is 30.6 Å². The van der Waals surface area contributed by atoms with Gasteiger partial charge in [0.05, 0.1) is 0 Å². The predicted molar refractivity (Wildman–Crippen MR) is 85.5 cm³/mol. The molecule has 1 aliphatic carbocycles. The quantitative estimate of drug-likeness (QED) is 0.758. The Morgan fingerprint density at radius 3 is 2.19 bits per heavy atom. The molecule has 1 rings (SSSR count). The van der Waals surface area contributed by atoms with Crippen molar-refractivity contribution in [3.63, 3.8) is 0 Å². The maximum absolute atomic E-state index is 12.2. The van der Waals surface area contributed by atoms with Crippen molar-refractivity contribution in [2.24, 2.45) is 28.9 Å². The van der Waals surface area contributed by atoms with Crippen LogP contribution in [-0.2, 0) is 9.59 Å². The standard InChI is InChI=1S/C17H32N2O2/c1-17(2,3)11-14(16(21)19-4)13(15(18)20)10-9-12-7-5-6-8-12/h12-14H,5-11H2,1-4H3,(H2,18,20)(H,19,21)/t13-,14?/m0/s1. The Kier molecular flexibility index (Phi) is 6.69. The summed E-state index contributed by atoms with van der Waals surface area (Å²) in [6.07, 6.45) is 7.56. The van der Waals surface area contributed by atoms with Crippen molar-refractivity contribution >= 4 is 11.8 Å². The molecule has 0 aromatic heterocycles. The fraction of sp³-hybridized carbons (Fsp3) is 0.882. The van der Waals surface area contributed by atoms with Gasteiger partial charge in [-0.25, -0.2) is 0 Å². The molecule has 0 aromatic rings. The summed E-state index contributed by atoms with van der Waals surface area (Å²) >= 11 is 0. The van der Waals surface area contributed by atoms with Crippen molar-refractivity contribution in [3.05, 3.63) is 0 Å². The molecule has 0 saturated heterocycles. The molecule has 1 saturated carbocycles. The normalized spacial score (nSPS) is 19.2. The Hall–Kier alpha value is -1.06. The zero-order valence-corrected chi connectivity index (χ0v) is 14.1. The highest BCUT2D eigenvalue weighted by atomic mass is 16.2. The van der Waals surface area contributed by atoms with Gasteiger partial charge in [0.25, 0.3) is 0 Å².